The standard InChI is InChI=1S/C14H18N6O2/c1-9-2-4-10(5-3-9)6-12-17-14(19-22-12)13-16-8-20(18-13)7-11(15)21/h6,8-9H,2-5,7H2,1H3,(H2,15,21). The summed E-state index contributed by atoms with van der Waals surface area (Å²) in [5, 5.41) is 7.96. The first-order chi connectivity index (χ1) is 10.6. The molecule has 8 heteroatoms. The topological polar surface area (TPSA) is 113 Å². The van der Waals surface area contributed by atoms with Gasteiger partial charge >= 0.3 is 0 Å². The summed E-state index contributed by atoms with van der Waals surface area (Å²) >= 11 is 0. The fourth-order valence-electron chi connectivity index (χ4n) is 2.47. The van der Waals surface area contributed by atoms with Gasteiger partial charge in [0.05, 0.1) is 0 Å². The summed E-state index contributed by atoms with van der Waals surface area (Å²) in [6.45, 7) is 2.25. The molecule has 0 aliphatic heterocycles. The number of allylic oxidation sites excluding steroid dienone is 1. The van der Waals surface area contributed by atoms with Gasteiger partial charge in [-0.15, -0.1) is 5.10 Å². The van der Waals surface area contributed by atoms with Crippen LogP contribution in [-0.4, -0.2) is 30.8 Å². The molecule has 1 aliphatic carbocycles. The highest BCUT2D eigenvalue weighted by atomic mass is 16.5. The van der Waals surface area contributed by atoms with Gasteiger partial charge in [0.25, 0.3) is 5.89 Å². The van der Waals surface area contributed by atoms with Gasteiger partial charge in [0.15, 0.2) is 0 Å². The molecule has 3 rings (SSSR count). The van der Waals surface area contributed by atoms with Gasteiger partial charge in [0.1, 0.15) is 12.9 Å². The highest BCUT2D eigenvalue weighted by molar-refractivity contribution is 5.73. The van der Waals surface area contributed by atoms with Crippen molar-refractivity contribution in [3.8, 4) is 11.6 Å². The molecule has 2 heterocycles. The molecule has 1 amide bonds. The lowest BCUT2D eigenvalue weighted by Crippen LogP contribution is -2.18. The molecule has 2 aromatic rings. The van der Waals surface area contributed by atoms with E-state index in [0.717, 1.165) is 18.8 Å². The van der Waals surface area contributed by atoms with Gasteiger partial charge in [-0.1, -0.05) is 17.7 Å². The minimum absolute atomic E-state index is 0.0278. The fraction of sp³-hybridized carbons (Fsp3) is 0.500. The van der Waals surface area contributed by atoms with Crippen LogP contribution in [0.15, 0.2) is 16.4 Å². The van der Waals surface area contributed by atoms with Crippen molar-refractivity contribution in [1.29, 1.82) is 0 Å². The van der Waals surface area contributed by atoms with Gasteiger partial charge in [0, 0.05) is 6.08 Å². The number of nitrogens with zero attached hydrogens (tertiary/aromatic N) is 5. The highest BCUT2D eigenvalue weighted by Crippen LogP contribution is 2.28. The Bertz CT molecular complexity index is 692. The fourth-order valence-corrected chi connectivity index (χ4v) is 2.47. The number of hydrogen-bond acceptors (Lipinski definition) is 6. The van der Waals surface area contributed by atoms with Crippen LogP contribution in [0, 0.1) is 5.92 Å². The molecule has 2 aromatic heterocycles. The number of primary amides is 1. The van der Waals surface area contributed by atoms with Crippen molar-refractivity contribution >= 4 is 12.0 Å². The third kappa shape index (κ3) is 3.38. The third-order valence-electron chi connectivity index (χ3n) is 3.74. The number of nitrogens with two attached hydrogens (primary N) is 1. The molecule has 0 spiro atoms. The highest BCUT2D eigenvalue weighted by Gasteiger charge is 2.15. The Kier molecular flexibility index (Phi) is 3.99. The maximum atomic E-state index is 10.8. The predicted molar refractivity (Wildman–Crippen MR) is 78.1 cm³/mol. The Morgan fingerprint density at radius 1 is 1.45 bits per heavy atom. The Hall–Kier alpha value is -2.51. The van der Waals surface area contributed by atoms with Gasteiger partial charge in [0.2, 0.25) is 17.6 Å². The first-order valence-electron chi connectivity index (χ1n) is 7.31. The van der Waals surface area contributed by atoms with Gasteiger partial charge in [-0.05, 0) is 31.6 Å². The van der Waals surface area contributed by atoms with Gasteiger partial charge in [-0.3, -0.25) is 4.79 Å². The lowest BCUT2D eigenvalue weighted by Gasteiger charge is -2.19. The molecule has 116 valence electrons. The second-order valence-electron chi connectivity index (χ2n) is 5.67. The van der Waals surface area contributed by atoms with Gasteiger partial charge < -0.3 is 10.3 Å². The molecule has 8 nitrogen and oxygen atoms in total. The van der Waals surface area contributed by atoms with E-state index in [1.807, 2.05) is 6.08 Å². The monoisotopic (exact) mass is 302 g/mol. The summed E-state index contributed by atoms with van der Waals surface area (Å²) in [4.78, 5) is 19.2. The Morgan fingerprint density at radius 3 is 2.95 bits per heavy atom. The minimum atomic E-state index is -0.485. The Morgan fingerprint density at radius 2 is 2.23 bits per heavy atom. The average molecular weight is 302 g/mol. The van der Waals surface area contributed by atoms with E-state index in [-0.39, 0.29) is 6.54 Å². The van der Waals surface area contributed by atoms with E-state index in [9.17, 15) is 4.79 Å². The predicted octanol–water partition coefficient (Wildman–Crippen LogP) is 1.41. The quantitative estimate of drug-likeness (QED) is 0.913. The van der Waals surface area contributed by atoms with Crippen molar-refractivity contribution < 1.29 is 9.32 Å². The maximum absolute atomic E-state index is 10.8. The van der Waals surface area contributed by atoms with Crippen LogP contribution in [0.25, 0.3) is 17.7 Å². The molecule has 0 radical (unpaired) electrons. The summed E-state index contributed by atoms with van der Waals surface area (Å²) in [6.07, 6.45) is 7.91. The molecule has 0 bridgehead atoms. The second-order valence-corrected chi connectivity index (χ2v) is 5.67. The third-order valence-corrected chi connectivity index (χ3v) is 3.74. The van der Waals surface area contributed by atoms with Crippen LogP contribution in [0.3, 0.4) is 0 Å². The largest absolute Gasteiger partial charge is 0.368 e. The van der Waals surface area contributed by atoms with Crippen molar-refractivity contribution in [2.24, 2.45) is 11.7 Å². The SMILES string of the molecule is CC1CCC(=Cc2nc(-c3ncn(CC(N)=O)n3)no2)CC1. The van der Waals surface area contributed by atoms with E-state index in [0.29, 0.717) is 17.5 Å². The summed E-state index contributed by atoms with van der Waals surface area (Å²) in [6, 6.07) is 0. The van der Waals surface area contributed by atoms with E-state index >= 15 is 0 Å². The molecule has 0 aromatic carbocycles. The molecular formula is C14H18N6O2. The van der Waals surface area contributed by atoms with E-state index < -0.39 is 5.91 Å². The van der Waals surface area contributed by atoms with Crippen LogP contribution in [-0.2, 0) is 11.3 Å². The number of carbonyl (C=O) groups excluding carboxylic acids is 1. The van der Waals surface area contributed by atoms with E-state index in [1.165, 1.54) is 29.4 Å². The Balaban J connectivity index is 1.72. The zero-order valence-electron chi connectivity index (χ0n) is 12.4. The van der Waals surface area contributed by atoms with Crippen LogP contribution < -0.4 is 5.73 Å². The normalized spacial score (nSPS) is 18.4. The molecule has 1 saturated carbocycles. The maximum Gasteiger partial charge on any atom is 0.250 e. The van der Waals surface area contributed by atoms with E-state index in [1.54, 1.807) is 0 Å². The van der Waals surface area contributed by atoms with Crippen molar-refractivity contribution in [3.05, 3.63) is 17.8 Å². The number of hydrogen-bond donors (Lipinski definition) is 1. The summed E-state index contributed by atoms with van der Waals surface area (Å²) in [5.74, 6) is 1.38. The molecule has 0 unspecified atom stereocenters. The molecule has 22 heavy (non-hydrogen) atoms. The molecule has 1 fully saturated rings. The lowest BCUT2D eigenvalue weighted by atomic mass is 9.87. The Labute approximate surface area is 127 Å². The average Bonchev–Trinajstić information content (AvgIpc) is 3.10. The van der Waals surface area contributed by atoms with Crippen molar-refractivity contribution in [1.82, 2.24) is 24.9 Å². The first kappa shape index (κ1) is 14.4. The number of rotatable bonds is 4. The van der Waals surface area contributed by atoms with Crippen LogP contribution in [0.2, 0.25) is 0 Å². The van der Waals surface area contributed by atoms with Crippen LogP contribution in [0.4, 0.5) is 0 Å². The first-order valence-corrected chi connectivity index (χ1v) is 7.31. The summed E-state index contributed by atoms with van der Waals surface area (Å²) in [7, 11) is 0. The van der Waals surface area contributed by atoms with E-state index in [2.05, 4.69) is 27.1 Å². The molecule has 0 saturated heterocycles. The van der Waals surface area contributed by atoms with Gasteiger partial charge in [-0.2, -0.15) is 4.98 Å². The van der Waals surface area contributed by atoms with Crippen LogP contribution in [0.1, 0.15) is 38.5 Å². The van der Waals surface area contributed by atoms with E-state index in [4.69, 9.17) is 10.3 Å². The van der Waals surface area contributed by atoms with Crippen molar-refractivity contribution in [2.45, 2.75) is 39.2 Å². The lowest BCUT2D eigenvalue weighted by molar-refractivity contribution is -0.118. The second kappa shape index (κ2) is 6.08. The summed E-state index contributed by atoms with van der Waals surface area (Å²) in [5.41, 5.74) is 6.44. The van der Waals surface area contributed by atoms with Gasteiger partial charge in [-0.25, -0.2) is 9.67 Å². The van der Waals surface area contributed by atoms with Crippen LogP contribution in [0.5, 0.6) is 0 Å². The molecule has 1 aliphatic rings. The zero-order chi connectivity index (χ0) is 15.5. The summed E-state index contributed by atoms with van der Waals surface area (Å²) < 4.78 is 6.56. The van der Waals surface area contributed by atoms with Crippen LogP contribution >= 0.6 is 0 Å². The number of carbonyl (C=O) groups is 1. The molecule has 0 atom stereocenters. The minimum Gasteiger partial charge on any atom is -0.368 e. The molecular weight excluding hydrogens is 284 g/mol. The number of amides is 1. The van der Waals surface area contributed by atoms with Crippen molar-refractivity contribution in [2.75, 3.05) is 0 Å². The number of aromatic nitrogens is 5. The zero-order valence-corrected chi connectivity index (χ0v) is 12.4. The smallest absolute Gasteiger partial charge is 0.250 e. The molecule has 2 N–H and O–H groups in total. The van der Waals surface area contributed by atoms with Crippen molar-refractivity contribution in [3.63, 3.8) is 0 Å².